The van der Waals surface area contributed by atoms with Gasteiger partial charge >= 0.3 is 5.97 Å². The topological polar surface area (TPSA) is 98.5 Å². The molecule has 2 heterocycles. The molecule has 2 aliphatic rings. The van der Waals surface area contributed by atoms with Gasteiger partial charge in [-0.05, 0) is 44.4 Å². The third kappa shape index (κ3) is 4.96. The van der Waals surface area contributed by atoms with Crippen LogP contribution in [0.25, 0.3) is 0 Å². The lowest BCUT2D eigenvalue weighted by Crippen LogP contribution is -3.16. The molecule has 0 spiro atoms. The van der Waals surface area contributed by atoms with Crippen molar-refractivity contribution in [1.82, 2.24) is 0 Å². The maximum Gasteiger partial charge on any atom is 0.341 e. The van der Waals surface area contributed by atoms with Gasteiger partial charge in [0.05, 0.1) is 44.6 Å². The van der Waals surface area contributed by atoms with E-state index in [-0.39, 0.29) is 24.4 Å². The van der Waals surface area contributed by atoms with Crippen molar-refractivity contribution >= 4 is 28.2 Å². The zero-order valence-corrected chi connectivity index (χ0v) is 22.5. The molecule has 9 heteroatoms. The number of methoxy groups -OCH3 is 3. The molecule has 1 saturated heterocycles. The molecule has 1 aromatic heterocycles. The highest BCUT2D eigenvalue weighted by Gasteiger charge is 2.52. The van der Waals surface area contributed by atoms with E-state index < -0.39 is 11.6 Å². The van der Waals surface area contributed by atoms with Gasteiger partial charge in [-0.15, -0.1) is 11.3 Å². The number of ether oxygens (including phenoxy) is 3. The first-order chi connectivity index (χ1) is 17.2. The first kappa shape index (κ1) is 26.4. The number of benzene rings is 1. The number of carbonyl (C=O) groups excluding carboxylic acids is 2. The molecule has 2 aromatic rings. The lowest BCUT2D eigenvalue weighted by atomic mass is 9.66. The highest BCUT2D eigenvalue weighted by molar-refractivity contribution is 7.16. The highest BCUT2D eigenvalue weighted by Crippen LogP contribution is 2.46. The lowest BCUT2D eigenvalue weighted by molar-refractivity contribution is -0.937. The first-order valence-corrected chi connectivity index (χ1v) is 13.3. The van der Waals surface area contributed by atoms with Crippen LogP contribution in [0.5, 0.6) is 11.5 Å². The fourth-order valence-electron chi connectivity index (χ4n) is 6.00. The van der Waals surface area contributed by atoms with Crippen molar-refractivity contribution in [2.24, 2.45) is 5.92 Å². The van der Waals surface area contributed by atoms with E-state index in [9.17, 15) is 14.7 Å². The number of hydrogen-bond donors (Lipinski definition) is 3. The Labute approximate surface area is 216 Å². The Morgan fingerprint density at radius 3 is 2.64 bits per heavy atom. The van der Waals surface area contributed by atoms with Crippen LogP contribution < -0.4 is 19.7 Å². The smallest absolute Gasteiger partial charge is 0.341 e. The maximum atomic E-state index is 13.3. The minimum Gasteiger partial charge on any atom is -0.497 e. The molecule has 1 aliphatic heterocycles. The van der Waals surface area contributed by atoms with E-state index in [1.165, 1.54) is 18.4 Å². The Bertz CT molecular complexity index is 1130. The predicted octanol–water partition coefficient (Wildman–Crippen LogP) is 3.06. The summed E-state index contributed by atoms with van der Waals surface area (Å²) in [5.41, 5.74) is 1.47. The highest BCUT2D eigenvalue weighted by atomic mass is 32.1. The summed E-state index contributed by atoms with van der Waals surface area (Å²) in [6.07, 6.45) is 4.40. The molecule has 1 unspecified atom stereocenters. The number of quaternary nitrogens is 1. The van der Waals surface area contributed by atoms with Crippen molar-refractivity contribution < 1.29 is 33.8 Å². The van der Waals surface area contributed by atoms with Crippen molar-refractivity contribution in [1.29, 1.82) is 0 Å². The Kier molecular flexibility index (Phi) is 7.92. The Morgan fingerprint density at radius 2 is 1.94 bits per heavy atom. The van der Waals surface area contributed by atoms with E-state index >= 15 is 0 Å². The second-order valence-corrected chi connectivity index (χ2v) is 11.1. The minimum absolute atomic E-state index is 0.0157. The summed E-state index contributed by atoms with van der Waals surface area (Å²) < 4.78 is 16.1. The van der Waals surface area contributed by atoms with Crippen LogP contribution in [0.2, 0.25) is 0 Å². The fraction of sp³-hybridized carbons (Fsp3) is 0.556. The number of fused-ring (bicyclic) bond motifs is 1. The van der Waals surface area contributed by atoms with Gasteiger partial charge in [-0.3, -0.25) is 4.79 Å². The van der Waals surface area contributed by atoms with Gasteiger partial charge in [0, 0.05) is 23.3 Å². The number of carbonyl (C=O) groups is 2. The maximum absolute atomic E-state index is 13.3. The van der Waals surface area contributed by atoms with E-state index in [2.05, 4.69) is 5.32 Å². The Hall–Kier alpha value is -2.62. The van der Waals surface area contributed by atoms with Gasteiger partial charge in [0.25, 0.3) is 5.91 Å². The number of piperidine rings is 1. The summed E-state index contributed by atoms with van der Waals surface area (Å²) in [5, 5.41) is 15.1. The first-order valence-electron chi connectivity index (χ1n) is 12.5. The molecule has 1 amide bonds. The number of rotatable bonds is 7. The zero-order chi connectivity index (χ0) is 26.0. The standard InChI is InChI=1S/C27H36N2O6S/c1-16-17(2)36-25(23(16)26(31)35-5)28-22(30)15-29-13-12-27(32)11-7-6-8-20(27)24(29)19-10-9-18(33-3)14-21(19)34-4/h9-10,14,20,24,32H,6-8,11-13,15H2,1-5H3,(H,28,30)/p+1/t20-,24+,27+/m1/s1. The van der Waals surface area contributed by atoms with Gasteiger partial charge in [-0.2, -0.15) is 0 Å². The molecule has 3 N–H and O–H groups in total. The van der Waals surface area contributed by atoms with Gasteiger partial charge in [0.15, 0.2) is 6.54 Å². The van der Waals surface area contributed by atoms with Crippen LogP contribution in [0.1, 0.15) is 64.5 Å². The molecular formula is C27H37N2O6S+. The third-order valence-electron chi connectivity index (χ3n) is 7.98. The van der Waals surface area contributed by atoms with Crippen LogP contribution in [-0.4, -0.2) is 57.0 Å². The quantitative estimate of drug-likeness (QED) is 0.489. The normalized spacial score (nSPS) is 25.6. The summed E-state index contributed by atoms with van der Waals surface area (Å²) in [4.78, 5) is 27.8. The van der Waals surface area contributed by atoms with E-state index in [1.54, 1.807) is 14.2 Å². The molecule has 4 atom stereocenters. The van der Waals surface area contributed by atoms with E-state index in [0.29, 0.717) is 35.0 Å². The summed E-state index contributed by atoms with van der Waals surface area (Å²) in [6.45, 7) is 4.66. The van der Waals surface area contributed by atoms with Crippen molar-refractivity contribution in [3.8, 4) is 11.5 Å². The molecule has 0 radical (unpaired) electrons. The van der Waals surface area contributed by atoms with Gasteiger partial charge in [-0.1, -0.05) is 12.8 Å². The summed E-state index contributed by atoms with van der Waals surface area (Å²) in [5.74, 6) is 0.788. The third-order valence-corrected chi connectivity index (χ3v) is 9.10. The summed E-state index contributed by atoms with van der Waals surface area (Å²) in [6, 6.07) is 5.67. The molecule has 8 nitrogen and oxygen atoms in total. The number of thiophene rings is 1. The molecule has 4 rings (SSSR count). The SMILES string of the molecule is COC(=O)c1c(NC(=O)C[NH+]2CC[C@@]3(O)CCCC[C@@H]3[C@@H]2c2ccc(OC)cc2OC)sc(C)c1C. The summed E-state index contributed by atoms with van der Waals surface area (Å²) >= 11 is 1.38. The van der Waals surface area contributed by atoms with Crippen LogP contribution in [0, 0.1) is 19.8 Å². The van der Waals surface area contributed by atoms with Gasteiger partial charge in [0.1, 0.15) is 22.5 Å². The predicted molar refractivity (Wildman–Crippen MR) is 138 cm³/mol. The van der Waals surface area contributed by atoms with Crippen LogP contribution in [-0.2, 0) is 9.53 Å². The second-order valence-electron chi connectivity index (χ2n) is 9.90. The Morgan fingerprint density at radius 1 is 1.17 bits per heavy atom. The van der Waals surface area contributed by atoms with Crippen molar-refractivity contribution in [3.63, 3.8) is 0 Å². The number of amides is 1. The average Bonchev–Trinajstić information content (AvgIpc) is 3.15. The number of nitrogens with one attached hydrogen (secondary N) is 2. The van der Waals surface area contributed by atoms with Gasteiger partial charge < -0.3 is 29.5 Å². The monoisotopic (exact) mass is 517 g/mol. The number of likely N-dealkylation sites (tertiary alicyclic amines) is 1. The molecular weight excluding hydrogens is 480 g/mol. The average molecular weight is 518 g/mol. The van der Waals surface area contributed by atoms with Crippen LogP contribution in [0.4, 0.5) is 5.00 Å². The molecule has 1 aromatic carbocycles. The molecule has 1 saturated carbocycles. The zero-order valence-electron chi connectivity index (χ0n) is 21.7. The van der Waals surface area contributed by atoms with Crippen molar-refractivity contribution in [2.45, 2.75) is 57.6 Å². The molecule has 1 aliphatic carbocycles. The van der Waals surface area contributed by atoms with E-state index in [0.717, 1.165) is 46.6 Å². The molecule has 36 heavy (non-hydrogen) atoms. The van der Waals surface area contributed by atoms with E-state index in [1.807, 2.05) is 32.0 Å². The number of aliphatic hydroxyl groups is 1. The Balaban J connectivity index is 1.65. The largest absolute Gasteiger partial charge is 0.497 e. The number of hydrogen-bond acceptors (Lipinski definition) is 7. The van der Waals surface area contributed by atoms with Gasteiger partial charge in [-0.25, -0.2) is 4.79 Å². The van der Waals surface area contributed by atoms with Crippen molar-refractivity contribution in [2.75, 3.05) is 39.7 Å². The number of esters is 1. The number of anilines is 1. The van der Waals surface area contributed by atoms with Crippen LogP contribution >= 0.6 is 11.3 Å². The molecule has 196 valence electrons. The lowest BCUT2D eigenvalue weighted by Gasteiger charge is -2.50. The van der Waals surface area contributed by atoms with Crippen LogP contribution in [0.15, 0.2) is 18.2 Å². The van der Waals surface area contributed by atoms with E-state index in [4.69, 9.17) is 14.2 Å². The van der Waals surface area contributed by atoms with Crippen molar-refractivity contribution in [3.05, 3.63) is 39.8 Å². The minimum atomic E-state index is -0.742. The summed E-state index contributed by atoms with van der Waals surface area (Å²) in [7, 11) is 4.60. The number of aryl methyl sites for hydroxylation is 1. The second kappa shape index (κ2) is 10.8. The molecule has 0 bridgehead atoms. The van der Waals surface area contributed by atoms with Crippen LogP contribution in [0.3, 0.4) is 0 Å². The van der Waals surface area contributed by atoms with Gasteiger partial charge in [0.2, 0.25) is 0 Å². The molecule has 2 fully saturated rings. The fourth-order valence-corrected chi connectivity index (χ4v) is 7.07.